The lowest BCUT2D eigenvalue weighted by Crippen LogP contribution is -2.40. The van der Waals surface area contributed by atoms with Gasteiger partial charge in [0, 0.05) is 13.6 Å². The van der Waals surface area contributed by atoms with E-state index in [0.29, 0.717) is 0 Å². The number of nitrogens with zero attached hydrogens (tertiary/aromatic N) is 2. The average molecular weight is 147 g/mol. The van der Waals surface area contributed by atoms with Gasteiger partial charge in [-0.2, -0.15) is 0 Å². The second-order valence-electron chi connectivity index (χ2n) is 1.75. The molecule has 0 saturated carbocycles. The largest absolute Gasteiger partial charge is 0.480 e. The van der Waals surface area contributed by atoms with Gasteiger partial charge in [-0.15, -0.1) is 4.91 Å². The van der Waals surface area contributed by atoms with Crippen molar-refractivity contribution in [3.63, 3.8) is 0 Å². The quantitative estimate of drug-likeness (QED) is 0.393. The predicted octanol–water partition coefficient (Wildman–Crippen LogP) is -0.988. The van der Waals surface area contributed by atoms with Crippen LogP contribution in [0.1, 0.15) is 0 Å². The maximum atomic E-state index is 10.2. The zero-order chi connectivity index (χ0) is 8.15. The Labute approximate surface area is 57.6 Å². The van der Waals surface area contributed by atoms with Gasteiger partial charge >= 0.3 is 5.97 Å². The number of hydrogen-bond acceptors (Lipinski definition) is 4. The molecule has 1 atom stereocenters. The van der Waals surface area contributed by atoms with Crippen LogP contribution in [0, 0.1) is 4.91 Å². The van der Waals surface area contributed by atoms with Crippen molar-refractivity contribution >= 4 is 5.97 Å². The number of nitroso groups, excluding NO2 is 1. The molecule has 0 heterocycles. The number of carboxylic acid groups (broad SMARTS) is 1. The molecule has 0 aromatic heterocycles. The standard InChI is InChI=1S/C4H9N3O3/c1-7(6-10)3(2-5)4(8)9/h3H,2,5H2,1H3,(H,8,9). The lowest BCUT2D eigenvalue weighted by molar-refractivity contribution is -0.142. The maximum absolute atomic E-state index is 10.2. The molecule has 6 nitrogen and oxygen atoms in total. The molecule has 0 aromatic carbocycles. The van der Waals surface area contributed by atoms with Crippen molar-refractivity contribution in [2.75, 3.05) is 13.6 Å². The average Bonchev–Trinajstić information content (AvgIpc) is 1.88. The van der Waals surface area contributed by atoms with E-state index in [1.54, 1.807) is 0 Å². The molecule has 3 N–H and O–H groups in total. The van der Waals surface area contributed by atoms with Gasteiger partial charge in [0.15, 0.2) is 6.04 Å². The van der Waals surface area contributed by atoms with Crippen molar-refractivity contribution in [2.45, 2.75) is 6.04 Å². The molecule has 0 spiro atoms. The number of rotatable bonds is 4. The molecule has 0 amide bonds. The van der Waals surface area contributed by atoms with Crippen molar-refractivity contribution in [1.29, 1.82) is 0 Å². The third kappa shape index (κ3) is 1.98. The fraction of sp³-hybridized carbons (Fsp3) is 0.750. The lowest BCUT2D eigenvalue weighted by atomic mass is 10.3. The molecule has 0 aliphatic heterocycles. The number of likely N-dealkylation sites (N-methyl/N-ethyl adjacent to an activating group) is 1. The summed E-state index contributed by atoms with van der Waals surface area (Å²) in [5.74, 6) is -1.15. The fourth-order valence-electron chi connectivity index (χ4n) is 0.470. The zero-order valence-corrected chi connectivity index (χ0v) is 5.52. The maximum Gasteiger partial charge on any atom is 0.329 e. The van der Waals surface area contributed by atoms with E-state index in [-0.39, 0.29) is 6.54 Å². The molecule has 0 fully saturated rings. The van der Waals surface area contributed by atoms with Crippen LogP contribution in [0.4, 0.5) is 0 Å². The number of carbonyl (C=O) groups is 1. The molecule has 6 heteroatoms. The minimum absolute atomic E-state index is 0.127. The first-order valence-electron chi connectivity index (χ1n) is 2.62. The van der Waals surface area contributed by atoms with Gasteiger partial charge in [0.25, 0.3) is 0 Å². The summed E-state index contributed by atoms with van der Waals surface area (Å²) in [5, 5.41) is 11.5. The molecular weight excluding hydrogens is 138 g/mol. The van der Waals surface area contributed by atoms with E-state index in [1.165, 1.54) is 7.05 Å². The highest BCUT2D eigenvalue weighted by molar-refractivity contribution is 5.73. The molecule has 0 bridgehead atoms. The number of carboxylic acids is 1. The smallest absolute Gasteiger partial charge is 0.329 e. The van der Waals surface area contributed by atoms with E-state index in [0.717, 1.165) is 5.01 Å². The van der Waals surface area contributed by atoms with Gasteiger partial charge in [-0.3, -0.25) is 0 Å². The minimum atomic E-state index is -1.15. The molecule has 0 aliphatic rings. The highest BCUT2D eigenvalue weighted by Gasteiger charge is 2.20. The molecule has 0 rings (SSSR count). The third-order valence-electron chi connectivity index (χ3n) is 1.09. The first-order chi connectivity index (χ1) is 4.63. The van der Waals surface area contributed by atoms with Gasteiger partial charge in [-0.05, 0) is 0 Å². The predicted molar refractivity (Wildman–Crippen MR) is 34.0 cm³/mol. The van der Waals surface area contributed by atoms with E-state index in [9.17, 15) is 9.70 Å². The van der Waals surface area contributed by atoms with Crippen LogP contribution in [-0.2, 0) is 4.79 Å². The van der Waals surface area contributed by atoms with E-state index in [1.807, 2.05) is 0 Å². The minimum Gasteiger partial charge on any atom is -0.480 e. The summed E-state index contributed by atoms with van der Waals surface area (Å²) in [4.78, 5) is 20.0. The van der Waals surface area contributed by atoms with Gasteiger partial charge in [-0.25, -0.2) is 9.80 Å². The molecule has 0 radical (unpaired) electrons. The zero-order valence-electron chi connectivity index (χ0n) is 5.52. The summed E-state index contributed by atoms with van der Waals surface area (Å²) < 4.78 is 0. The van der Waals surface area contributed by atoms with Crippen LogP contribution in [0.15, 0.2) is 5.29 Å². The SMILES string of the molecule is CN(N=O)C(CN)C(=O)O. The van der Waals surface area contributed by atoms with Gasteiger partial charge in [-0.1, -0.05) is 0 Å². The van der Waals surface area contributed by atoms with Crippen LogP contribution in [0.5, 0.6) is 0 Å². The molecule has 58 valence electrons. The van der Waals surface area contributed by atoms with Crippen LogP contribution in [-0.4, -0.2) is 35.7 Å². The van der Waals surface area contributed by atoms with Crippen LogP contribution in [0.3, 0.4) is 0 Å². The fourth-order valence-corrected chi connectivity index (χ4v) is 0.470. The molecular formula is C4H9N3O3. The topological polar surface area (TPSA) is 96.0 Å². The van der Waals surface area contributed by atoms with Crippen LogP contribution in [0.25, 0.3) is 0 Å². The highest BCUT2D eigenvalue weighted by atomic mass is 16.4. The molecule has 0 aromatic rings. The molecule has 10 heavy (non-hydrogen) atoms. The Bertz CT molecular complexity index is 138. The van der Waals surface area contributed by atoms with Crippen molar-refractivity contribution in [3.8, 4) is 0 Å². The first kappa shape index (κ1) is 8.83. The molecule has 0 aliphatic carbocycles. The Kier molecular flexibility index (Phi) is 3.34. The Hall–Kier alpha value is -1.17. The highest BCUT2D eigenvalue weighted by Crippen LogP contribution is 1.93. The van der Waals surface area contributed by atoms with E-state index < -0.39 is 12.0 Å². The summed E-state index contributed by atoms with van der Waals surface area (Å²) in [6.45, 7) is -0.127. The lowest BCUT2D eigenvalue weighted by Gasteiger charge is -2.15. The third-order valence-corrected chi connectivity index (χ3v) is 1.09. The van der Waals surface area contributed by atoms with Crippen molar-refractivity contribution < 1.29 is 9.90 Å². The van der Waals surface area contributed by atoms with E-state index >= 15 is 0 Å². The molecule has 1 unspecified atom stereocenters. The van der Waals surface area contributed by atoms with Crippen LogP contribution >= 0.6 is 0 Å². The van der Waals surface area contributed by atoms with Gasteiger partial charge in [0.1, 0.15) is 0 Å². The Morgan fingerprint density at radius 2 is 2.40 bits per heavy atom. The molecule has 0 saturated heterocycles. The van der Waals surface area contributed by atoms with Crippen LogP contribution < -0.4 is 5.73 Å². The van der Waals surface area contributed by atoms with Crippen molar-refractivity contribution in [3.05, 3.63) is 4.91 Å². The summed E-state index contributed by atoms with van der Waals surface area (Å²) in [5.41, 5.74) is 5.03. The number of nitrogens with two attached hydrogens (primary N) is 1. The Morgan fingerprint density at radius 1 is 1.90 bits per heavy atom. The second kappa shape index (κ2) is 3.78. The Morgan fingerprint density at radius 3 is 2.50 bits per heavy atom. The number of hydrogen-bond donors (Lipinski definition) is 2. The van der Waals surface area contributed by atoms with E-state index in [4.69, 9.17) is 10.8 Å². The van der Waals surface area contributed by atoms with Gasteiger partial charge in [0.05, 0.1) is 5.29 Å². The van der Waals surface area contributed by atoms with Crippen LogP contribution in [0.2, 0.25) is 0 Å². The Balaban J connectivity index is 4.05. The number of aliphatic carboxylic acids is 1. The van der Waals surface area contributed by atoms with E-state index in [2.05, 4.69) is 5.29 Å². The second-order valence-corrected chi connectivity index (χ2v) is 1.75. The summed E-state index contributed by atoms with van der Waals surface area (Å²) in [6.07, 6.45) is 0. The van der Waals surface area contributed by atoms with Gasteiger partial charge < -0.3 is 10.8 Å². The monoisotopic (exact) mass is 147 g/mol. The van der Waals surface area contributed by atoms with Gasteiger partial charge in [0.2, 0.25) is 0 Å². The first-order valence-corrected chi connectivity index (χ1v) is 2.62. The summed E-state index contributed by atoms with van der Waals surface area (Å²) in [6, 6.07) is -1.02. The summed E-state index contributed by atoms with van der Waals surface area (Å²) >= 11 is 0. The normalized spacial score (nSPS) is 12.2. The van der Waals surface area contributed by atoms with Crippen molar-refractivity contribution in [1.82, 2.24) is 5.01 Å². The summed E-state index contributed by atoms with van der Waals surface area (Å²) in [7, 11) is 1.26. The van der Waals surface area contributed by atoms with Crippen molar-refractivity contribution in [2.24, 2.45) is 11.0 Å².